The average molecular weight is 449 g/mol. The molecule has 0 aliphatic rings. The molecular weight excluding hydrogens is 428 g/mol. The molecule has 0 fully saturated rings. The van der Waals surface area contributed by atoms with E-state index in [1.54, 1.807) is 4.40 Å². The summed E-state index contributed by atoms with van der Waals surface area (Å²) in [6, 6.07) is 40.9. The standard InChI is InChI=1S/C32H20N2O/c35-32-28-20-24(22-11-5-2-6-12-22)16-18-29(28)33-31-27-19-23(21-9-3-1-4-10-21)15-17-25(27)26-13-7-8-14-30(26)34(31)32/h1-20H. The molecule has 3 heteroatoms. The van der Waals surface area contributed by atoms with Crippen molar-refractivity contribution >= 4 is 38.2 Å². The summed E-state index contributed by atoms with van der Waals surface area (Å²) in [6.45, 7) is 0. The summed E-state index contributed by atoms with van der Waals surface area (Å²) in [5.41, 5.74) is 6.53. The lowest BCUT2D eigenvalue weighted by molar-refractivity contribution is 1.14. The molecule has 164 valence electrons. The number of benzene rings is 5. The van der Waals surface area contributed by atoms with Gasteiger partial charge in [-0.05, 0) is 51.9 Å². The molecule has 0 aliphatic heterocycles. The fourth-order valence-corrected chi connectivity index (χ4v) is 5.07. The first kappa shape index (κ1) is 19.7. The molecule has 5 aromatic carbocycles. The minimum Gasteiger partial charge on any atom is -0.268 e. The van der Waals surface area contributed by atoms with Crippen molar-refractivity contribution in [2.24, 2.45) is 0 Å². The Balaban J connectivity index is 1.62. The minimum atomic E-state index is -0.0500. The van der Waals surface area contributed by atoms with Gasteiger partial charge in [0.25, 0.3) is 5.56 Å². The highest BCUT2D eigenvalue weighted by atomic mass is 16.1. The number of hydrogen-bond donors (Lipinski definition) is 0. The summed E-state index contributed by atoms with van der Waals surface area (Å²) < 4.78 is 1.78. The summed E-state index contributed by atoms with van der Waals surface area (Å²) in [5, 5.41) is 3.72. The van der Waals surface area contributed by atoms with E-state index in [9.17, 15) is 4.79 Å². The van der Waals surface area contributed by atoms with E-state index >= 15 is 0 Å². The van der Waals surface area contributed by atoms with Crippen LogP contribution in [-0.2, 0) is 0 Å². The van der Waals surface area contributed by atoms with Crippen LogP contribution in [0, 0.1) is 0 Å². The van der Waals surface area contributed by atoms with Gasteiger partial charge in [0, 0.05) is 10.8 Å². The van der Waals surface area contributed by atoms with Crippen LogP contribution >= 0.6 is 0 Å². The van der Waals surface area contributed by atoms with Crippen LogP contribution in [0.1, 0.15) is 0 Å². The maximum atomic E-state index is 14.0. The maximum absolute atomic E-state index is 14.0. The molecule has 0 amide bonds. The highest BCUT2D eigenvalue weighted by molar-refractivity contribution is 6.13. The van der Waals surface area contributed by atoms with E-state index < -0.39 is 0 Å². The van der Waals surface area contributed by atoms with Crippen LogP contribution in [0.15, 0.2) is 126 Å². The van der Waals surface area contributed by atoms with Crippen LogP contribution in [0.5, 0.6) is 0 Å². The third-order valence-electron chi connectivity index (χ3n) is 6.78. The van der Waals surface area contributed by atoms with Gasteiger partial charge >= 0.3 is 0 Å². The molecule has 0 spiro atoms. The van der Waals surface area contributed by atoms with Crippen LogP contribution < -0.4 is 5.56 Å². The zero-order valence-corrected chi connectivity index (χ0v) is 18.8. The molecule has 0 saturated heterocycles. The number of nitrogens with zero attached hydrogens (tertiary/aromatic N) is 2. The monoisotopic (exact) mass is 448 g/mol. The largest absolute Gasteiger partial charge is 0.268 e. The van der Waals surface area contributed by atoms with Crippen LogP contribution in [0.3, 0.4) is 0 Å². The first-order valence-electron chi connectivity index (χ1n) is 11.7. The molecule has 0 bridgehead atoms. The number of fused-ring (bicyclic) bond motifs is 7. The Hall–Kier alpha value is -4.76. The zero-order chi connectivity index (χ0) is 23.4. The lowest BCUT2D eigenvalue weighted by atomic mass is 9.99. The second-order valence-electron chi connectivity index (χ2n) is 8.82. The lowest BCUT2D eigenvalue weighted by Gasteiger charge is -2.14. The van der Waals surface area contributed by atoms with Crippen molar-refractivity contribution in [2.75, 3.05) is 0 Å². The van der Waals surface area contributed by atoms with Gasteiger partial charge in [0.15, 0.2) is 0 Å². The molecule has 7 rings (SSSR count). The number of aromatic nitrogens is 2. The van der Waals surface area contributed by atoms with E-state index in [4.69, 9.17) is 4.98 Å². The van der Waals surface area contributed by atoms with Crippen molar-refractivity contribution in [1.29, 1.82) is 0 Å². The third-order valence-corrected chi connectivity index (χ3v) is 6.78. The Morgan fingerprint density at radius 3 is 1.80 bits per heavy atom. The molecule has 7 aromatic rings. The van der Waals surface area contributed by atoms with Gasteiger partial charge in [-0.1, -0.05) is 97.1 Å². The topological polar surface area (TPSA) is 34.4 Å². The summed E-state index contributed by atoms with van der Waals surface area (Å²) in [4.78, 5) is 19.1. The summed E-state index contributed by atoms with van der Waals surface area (Å²) in [6.07, 6.45) is 0. The predicted octanol–water partition coefficient (Wildman–Crippen LogP) is 7.49. The smallest absolute Gasteiger partial charge is 0.266 e. The van der Waals surface area contributed by atoms with Gasteiger partial charge in [-0.3, -0.25) is 9.20 Å². The van der Waals surface area contributed by atoms with Gasteiger partial charge in [-0.25, -0.2) is 4.98 Å². The van der Waals surface area contributed by atoms with Crippen LogP contribution in [0.4, 0.5) is 0 Å². The van der Waals surface area contributed by atoms with Gasteiger partial charge in [0.05, 0.1) is 16.4 Å². The Bertz CT molecular complexity index is 1960. The molecule has 0 aliphatic carbocycles. The third kappa shape index (κ3) is 3.06. The minimum absolute atomic E-state index is 0.0500. The Labute approximate surface area is 201 Å². The highest BCUT2D eigenvalue weighted by Gasteiger charge is 2.15. The lowest BCUT2D eigenvalue weighted by Crippen LogP contribution is -2.16. The first-order valence-corrected chi connectivity index (χ1v) is 11.7. The Morgan fingerprint density at radius 1 is 0.486 bits per heavy atom. The summed E-state index contributed by atoms with van der Waals surface area (Å²) in [5.74, 6) is 0. The fourth-order valence-electron chi connectivity index (χ4n) is 5.07. The fraction of sp³-hybridized carbons (Fsp3) is 0. The molecule has 0 saturated carbocycles. The van der Waals surface area contributed by atoms with E-state index in [2.05, 4.69) is 48.5 Å². The molecule has 0 N–H and O–H groups in total. The molecule has 3 nitrogen and oxygen atoms in total. The summed E-state index contributed by atoms with van der Waals surface area (Å²) >= 11 is 0. The van der Waals surface area contributed by atoms with Crippen molar-refractivity contribution in [1.82, 2.24) is 9.38 Å². The van der Waals surface area contributed by atoms with Crippen molar-refractivity contribution < 1.29 is 0 Å². The first-order chi connectivity index (χ1) is 17.3. The number of para-hydroxylation sites is 1. The highest BCUT2D eigenvalue weighted by Crippen LogP contribution is 2.32. The van der Waals surface area contributed by atoms with E-state index in [1.807, 2.05) is 72.8 Å². The second kappa shape index (κ2) is 7.64. The molecule has 2 aromatic heterocycles. The Morgan fingerprint density at radius 2 is 1.09 bits per heavy atom. The van der Waals surface area contributed by atoms with Crippen molar-refractivity contribution in [2.45, 2.75) is 0 Å². The zero-order valence-electron chi connectivity index (χ0n) is 18.8. The molecule has 2 heterocycles. The van der Waals surface area contributed by atoms with E-state index in [1.165, 1.54) is 0 Å². The normalized spacial score (nSPS) is 11.5. The van der Waals surface area contributed by atoms with Gasteiger partial charge in [-0.15, -0.1) is 0 Å². The molecule has 35 heavy (non-hydrogen) atoms. The van der Waals surface area contributed by atoms with Crippen LogP contribution in [0.25, 0.3) is 60.5 Å². The van der Waals surface area contributed by atoms with E-state index in [0.717, 1.165) is 43.9 Å². The Kier molecular flexibility index (Phi) is 4.30. The van der Waals surface area contributed by atoms with E-state index in [-0.39, 0.29) is 5.56 Å². The number of pyridine rings is 1. The quantitative estimate of drug-likeness (QED) is 0.203. The number of rotatable bonds is 2. The van der Waals surface area contributed by atoms with Gasteiger partial charge in [0.1, 0.15) is 5.65 Å². The molecular formula is C32H20N2O. The van der Waals surface area contributed by atoms with Gasteiger partial charge in [-0.2, -0.15) is 0 Å². The van der Waals surface area contributed by atoms with Gasteiger partial charge in [0.2, 0.25) is 0 Å². The predicted molar refractivity (Wildman–Crippen MR) is 145 cm³/mol. The van der Waals surface area contributed by atoms with Gasteiger partial charge < -0.3 is 0 Å². The van der Waals surface area contributed by atoms with E-state index in [0.29, 0.717) is 16.6 Å². The summed E-state index contributed by atoms with van der Waals surface area (Å²) in [7, 11) is 0. The maximum Gasteiger partial charge on any atom is 0.266 e. The van der Waals surface area contributed by atoms with Crippen LogP contribution in [0.2, 0.25) is 0 Å². The SMILES string of the molecule is O=c1c2cc(-c3ccccc3)ccc2nc2c3cc(-c4ccccc4)ccc3c3ccccc3n12. The number of hydrogen-bond acceptors (Lipinski definition) is 2. The van der Waals surface area contributed by atoms with Crippen LogP contribution in [-0.4, -0.2) is 9.38 Å². The average Bonchev–Trinajstić information content (AvgIpc) is 2.94. The second-order valence-corrected chi connectivity index (χ2v) is 8.82. The molecule has 0 unspecified atom stereocenters. The van der Waals surface area contributed by atoms with Crippen molar-refractivity contribution in [3.8, 4) is 22.3 Å². The molecule has 0 atom stereocenters. The molecule has 0 radical (unpaired) electrons. The van der Waals surface area contributed by atoms with Crippen molar-refractivity contribution in [3.63, 3.8) is 0 Å². The van der Waals surface area contributed by atoms with Crippen molar-refractivity contribution in [3.05, 3.63) is 132 Å².